The molecule has 0 bridgehead atoms. The van der Waals surface area contributed by atoms with E-state index >= 15 is 0 Å². The van der Waals surface area contributed by atoms with Gasteiger partial charge in [0.05, 0.1) is 10.7 Å². The zero-order chi connectivity index (χ0) is 22.6. The van der Waals surface area contributed by atoms with Crippen LogP contribution in [-0.4, -0.2) is 48.5 Å². The van der Waals surface area contributed by atoms with E-state index in [0.29, 0.717) is 12.2 Å². The van der Waals surface area contributed by atoms with E-state index in [9.17, 15) is 4.79 Å². The van der Waals surface area contributed by atoms with Gasteiger partial charge in [-0.25, -0.2) is 4.98 Å². The number of hydrogen-bond acceptors (Lipinski definition) is 6. The minimum absolute atomic E-state index is 0.122. The highest BCUT2D eigenvalue weighted by Gasteiger charge is 2.26. The maximum absolute atomic E-state index is 12.8. The summed E-state index contributed by atoms with van der Waals surface area (Å²) in [7, 11) is 0. The number of carbonyl (C=O) groups is 1. The van der Waals surface area contributed by atoms with Crippen LogP contribution in [0.25, 0.3) is 0 Å². The summed E-state index contributed by atoms with van der Waals surface area (Å²) in [4.78, 5) is 22.2. The van der Waals surface area contributed by atoms with Crippen LogP contribution in [-0.2, 0) is 6.61 Å². The van der Waals surface area contributed by atoms with E-state index in [1.165, 1.54) is 25.1 Å². The fourth-order valence-electron chi connectivity index (χ4n) is 4.17. The molecule has 5 rings (SSSR count). The summed E-state index contributed by atoms with van der Waals surface area (Å²) in [5.41, 5.74) is 3.51. The first-order valence-corrected chi connectivity index (χ1v) is 12.5. The Balaban J connectivity index is 1.14. The number of aryl methyl sites for hydroxylation is 1. The van der Waals surface area contributed by atoms with E-state index in [2.05, 4.69) is 32.2 Å². The smallest absolute Gasteiger partial charge is 0.255 e. The van der Waals surface area contributed by atoms with Gasteiger partial charge in [-0.3, -0.25) is 9.69 Å². The van der Waals surface area contributed by atoms with Gasteiger partial charge in [0.15, 0.2) is 0 Å². The van der Waals surface area contributed by atoms with Crippen LogP contribution < -0.4 is 15.0 Å². The lowest BCUT2D eigenvalue weighted by Crippen LogP contribution is -2.47. The Morgan fingerprint density at radius 2 is 1.91 bits per heavy atom. The van der Waals surface area contributed by atoms with Crippen molar-refractivity contribution < 1.29 is 9.53 Å². The van der Waals surface area contributed by atoms with Gasteiger partial charge >= 0.3 is 0 Å². The van der Waals surface area contributed by atoms with Crippen molar-refractivity contribution in [2.45, 2.75) is 26.4 Å². The first-order chi connectivity index (χ1) is 16.1. The molecule has 1 aliphatic heterocycles. The highest BCUT2D eigenvalue weighted by molar-refractivity contribution is 7.09. The minimum Gasteiger partial charge on any atom is -0.487 e. The Morgan fingerprint density at radius 3 is 2.61 bits per heavy atom. The molecular formula is C26H30N4O2S. The topological polar surface area (TPSA) is 57.7 Å². The van der Waals surface area contributed by atoms with Crippen LogP contribution in [0, 0.1) is 12.8 Å². The SMILES string of the molecule is Cc1nc(COc2ccc(C(=O)Nc3cccc(N4CCN(CC5CC5)CC4)c3)cc2)cs1. The Hall–Kier alpha value is -2.90. The van der Waals surface area contributed by atoms with Crippen LogP contribution in [0.4, 0.5) is 11.4 Å². The van der Waals surface area contributed by atoms with Crippen molar-refractivity contribution >= 4 is 28.6 Å². The maximum Gasteiger partial charge on any atom is 0.255 e. The lowest BCUT2D eigenvalue weighted by molar-refractivity contribution is 0.102. The predicted octanol–water partition coefficient (Wildman–Crippen LogP) is 4.81. The van der Waals surface area contributed by atoms with Gasteiger partial charge in [-0.2, -0.15) is 0 Å². The summed E-state index contributed by atoms with van der Waals surface area (Å²) in [5.74, 6) is 1.54. The second-order valence-electron chi connectivity index (χ2n) is 8.91. The molecule has 33 heavy (non-hydrogen) atoms. The van der Waals surface area contributed by atoms with Crippen LogP contribution in [0.3, 0.4) is 0 Å². The average molecular weight is 463 g/mol. The fourth-order valence-corrected chi connectivity index (χ4v) is 4.77. The van der Waals surface area contributed by atoms with E-state index < -0.39 is 0 Å². The van der Waals surface area contributed by atoms with E-state index in [1.807, 2.05) is 36.6 Å². The molecule has 1 amide bonds. The zero-order valence-electron chi connectivity index (χ0n) is 19.0. The number of ether oxygens (including phenoxy) is 1. The van der Waals surface area contributed by atoms with Crippen molar-refractivity contribution in [2.75, 3.05) is 42.9 Å². The summed E-state index contributed by atoms with van der Waals surface area (Å²) >= 11 is 1.61. The van der Waals surface area contributed by atoms with Gasteiger partial charge in [-0.1, -0.05) is 6.07 Å². The third-order valence-corrected chi connectivity index (χ3v) is 7.05. The number of nitrogens with zero attached hydrogens (tertiary/aromatic N) is 3. The molecule has 2 aromatic carbocycles. The molecule has 0 radical (unpaired) electrons. The van der Waals surface area contributed by atoms with Gasteiger partial charge in [-0.15, -0.1) is 11.3 Å². The van der Waals surface area contributed by atoms with Crippen molar-refractivity contribution in [1.29, 1.82) is 0 Å². The lowest BCUT2D eigenvalue weighted by Gasteiger charge is -2.36. The van der Waals surface area contributed by atoms with Gasteiger partial charge in [0.2, 0.25) is 0 Å². The number of thiazole rings is 1. The van der Waals surface area contributed by atoms with Gasteiger partial charge in [0.1, 0.15) is 12.4 Å². The monoisotopic (exact) mass is 462 g/mol. The van der Waals surface area contributed by atoms with Gasteiger partial charge in [-0.05, 0) is 68.1 Å². The molecule has 0 unspecified atom stereocenters. The molecule has 1 aliphatic carbocycles. The first kappa shape index (κ1) is 21.9. The molecule has 172 valence electrons. The van der Waals surface area contributed by atoms with Crippen LogP contribution in [0.2, 0.25) is 0 Å². The Morgan fingerprint density at radius 1 is 1.12 bits per heavy atom. The summed E-state index contributed by atoms with van der Waals surface area (Å²) in [6.07, 6.45) is 2.81. The van der Waals surface area contributed by atoms with Crippen LogP contribution >= 0.6 is 11.3 Å². The molecule has 2 aliphatic rings. The van der Waals surface area contributed by atoms with E-state index in [1.54, 1.807) is 23.5 Å². The third kappa shape index (κ3) is 5.92. The molecule has 2 fully saturated rings. The van der Waals surface area contributed by atoms with Gasteiger partial charge in [0.25, 0.3) is 5.91 Å². The molecule has 0 atom stereocenters. The molecule has 1 saturated carbocycles. The van der Waals surface area contributed by atoms with E-state index in [4.69, 9.17) is 4.74 Å². The van der Waals surface area contributed by atoms with E-state index in [-0.39, 0.29) is 5.91 Å². The molecule has 1 saturated heterocycles. The predicted molar refractivity (Wildman–Crippen MR) is 133 cm³/mol. The Kier molecular flexibility index (Phi) is 6.60. The van der Waals surface area contributed by atoms with Crippen LogP contribution in [0.15, 0.2) is 53.9 Å². The summed E-state index contributed by atoms with van der Waals surface area (Å²) in [5, 5.41) is 6.06. The van der Waals surface area contributed by atoms with Crippen LogP contribution in [0.1, 0.15) is 33.9 Å². The van der Waals surface area contributed by atoms with Crippen molar-refractivity contribution in [1.82, 2.24) is 9.88 Å². The summed E-state index contributed by atoms with van der Waals surface area (Å²) in [6, 6.07) is 15.4. The average Bonchev–Trinajstić information content (AvgIpc) is 3.56. The molecule has 7 heteroatoms. The normalized spacial score (nSPS) is 16.6. The number of rotatable bonds is 8. The number of anilines is 2. The number of hydrogen-bond donors (Lipinski definition) is 1. The van der Waals surface area contributed by atoms with Crippen molar-refractivity contribution in [2.24, 2.45) is 5.92 Å². The number of amides is 1. The highest BCUT2D eigenvalue weighted by Crippen LogP contribution is 2.30. The largest absolute Gasteiger partial charge is 0.487 e. The number of carbonyl (C=O) groups excluding carboxylic acids is 1. The Labute approximate surface area is 199 Å². The van der Waals surface area contributed by atoms with Gasteiger partial charge < -0.3 is 15.0 Å². The molecule has 2 heterocycles. The van der Waals surface area contributed by atoms with Gasteiger partial charge in [0, 0.05) is 55.0 Å². The molecule has 3 aromatic rings. The summed E-state index contributed by atoms with van der Waals surface area (Å²) in [6.45, 7) is 7.97. The quantitative estimate of drug-likeness (QED) is 0.520. The number of nitrogens with one attached hydrogen (secondary N) is 1. The molecule has 1 aromatic heterocycles. The number of piperazine rings is 1. The number of aromatic nitrogens is 1. The minimum atomic E-state index is -0.122. The standard InChI is InChI=1S/C26H30N4O2S/c1-19-27-23(18-33-19)17-32-25-9-7-21(8-10-25)26(31)28-22-3-2-4-24(15-22)30-13-11-29(12-14-30)16-20-5-6-20/h2-4,7-10,15,18,20H,5-6,11-14,16-17H2,1H3,(H,28,31). The van der Waals surface area contributed by atoms with Crippen LogP contribution in [0.5, 0.6) is 5.75 Å². The summed E-state index contributed by atoms with van der Waals surface area (Å²) < 4.78 is 5.78. The first-order valence-electron chi connectivity index (χ1n) is 11.6. The molecular weight excluding hydrogens is 432 g/mol. The second-order valence-corrected chi connectivity index (χ2v) is 9.97. The molecule has 6 nitrogen and oxygen atoms in total. The number of benzene rings is 2. The lowest BCUT2D eigenvalue weighted by atomic mass is 10.2. The van der Waals surface area contributed by atoms with Crippen molar-refractivity contribution in [3.05, 3.63) is 70.2 Å². The highest BCUT2D eigenvalue weighted by atomic mass is 32.1. The maximum atomic E-state index is 12.8. The van der Waals surface area contributed by atoms with E-state index in [0.717, 1.165) is 54.2 Å². The van der Waals surface area contributed by atoms with Crippen molar-refractivity contribution in [3.63, 3.8) is 0 Å². The molecule has 1 N–H and O–H groups in total. The Bertz CT molecular complexity index is 1090. The second kappa shape index (κ2) is 9.93. The molecule has 0 spiro atoms. The third-order valence-electron chi connectivity index (χ3n) is 6.22. The van der Waals surface area contributed by atoms with Crippen molar-refractivity contribution in [3.8, 4) is 5.75 Å². The zero-order valence-corrected chi connectivity index (χ0v) is 19.8. The fraction of sp³-hybridized carbons (Fsp3) is 0.385.